The lowest BCUT2D eigenvalue weighted by molar-refractivity contribution is 0.927. The molecule has 2 heterocycles. The molecule has 2 rings (SSSR count). The van der Waals surface area contributed by atoms with Gasteiger partial charge in [0.05, 0.1) is 4.88 Å². The SMILES string of the molecule is Cn1ccnc1-c1sccc1Br. The number of hydrogen-bond donors (Lipinski definition) is 0. The lowest BCUT2D eigenvalue weighted by atomic mass is 10.4. The van der Waals surface area contributed by atoms with Crippen LogP contribution in [0, 0.1) is 0 Å². The molecule has 0 unspecified atom stereocenters. The minimum Gasteiger partial charge on any atom is -0.333 e. The van der Waals surface area contributed by atoms with Crippen LogP contribution in [-0.4, -0.2) is 9.55 Å². The van der Waals surface area contributed by atoms with Crippen molar-refractivity contribution in [3.8, 4) is 10.7 Å². The van der Waals surface area contributed by atoms with Crippen LogP contribution in [0.3, 0.4) is 0 Å². The zero-order valence-corrected chi connectivity index (χ0v) is 8.89. The van der Waals surface area contributed by atoms with Gasteiger partial charge in [0.2, 0.25) is 0 Å². The Morgan fingerprint density at radius 1 is 1.58 bits per heavy atom. The van der Waals surface area contributed by atoms with Crippen LogP contribution < -0.4 is 0 Å². The van der Waals surface area contributed by atoms with E-state index in [4.69, 9.17) is 0 Å². The molecule has 0 aromatic carbocycles. The fourth-order valence-electron chi connectivity index (χ4n) is 1.04. The maximum atomic E-state index is 4.26. The highest BCUT2D eigenvalue weighted by atomic mass is 79.9. The van der Waals surface area contributed by atoms with E-state index in [1.54, 1.807) is 11.3 Å². The largest absolute Gasteiger partial charge is 0.333 e. The van der Waals surface area contributed by atoms with Gasteiger partial charge in [-0.3, -0.25) is 0 Å². The first kappa shape index (κ1) is 8.01. The van der Waals surface area contributed by atoms with Gasteiger partial charge in [0.25, 0.3) is 0 Å². The summed E-state index contributed by atoms with van der Waals surface area (Å²) in [4.78, 5) is 5.45. The number of imidazole rings is 1. The third kappa shape index (κ3) is 1.21. The Labute approximate surface area is 83.0 Å². The quantitative estimate of drug-likeness (QED) is 0.752. The smallest absolute Gasteiger partial charge is 0.150 e. The molecular formula is C8H7BrN2S. The van der Waals surface area contributed by atoms with Crippen molar-refractivity contribution < 1.29 is 0 Å². The lowest BCUT2D eigenvalue weighted by Gasteiger charge is -1.97. The van der Waals surface area contributed by atoms with Crippen molar-refractivity contribution in [3.05, 3.63) is 28.3 Å². The summed E-state index contributed by atoms with van der Waals surface area (Å²) in [7, 11) is 1.99. The molecule has 2 aromatic rings. The van der Waals surface area contributed by atoms with E-state index >= 15 is 0 Å². The number of aromatic nitrogens is 2. The Morgan fingerprint density at radius 3 is 2.92 bits per heavy atom. The topological polar surface area (TPSA) is 17.8 Å². The minimum absolute atomic E-state index is 1.01. The zero-order chi connectivity index (χ0) is 8.55. The summed E-state index contributed by atoms with van der Waals surface area (Å²) >= 11 is 5.17. The molecule has 0 aliphatic heterocycles. The Hall–Kier alpha value is -0.610. The van der Waals surface area contributed by atoms with Gasteiger partial charge in [-0.05, 0) is 27.4 Å². The lowest BCUT2D eigenvalue weighted by Crippen LogP contribution is -1.88. The fourth-order valence-corrected chi connectivity index (χ4v) is 2.63. The van der Waals surface area contributed by atoms with E-state index in [0.717, 1.165) is 10.3 Å². The molecule has 4 heteroatoms. The molecule has 0 bridgehead atoms. The van der Waals surface area contributed by atoms with Crippen molar-refractivity contribution in [2.75, 3.05) is 0 Å². The summed E-state index contributed by atoms with van der Waals surface area (Å²) in [6, 6.07) is 2.04. The van der Waals surface area contributed by atoms with Crippen LogP contribution in [0.5, 0.6) is 0 Å². The monoisotopic (exact) mass is 242 g/mol. The van der Waals surface area contributed by atoms with Gasteiger partial charge in [-0.2, -0.15) is 0 Å². The van der Waals surface area contributed by atoms with Gasteiger partial charge in [0.15, 0.2) is 5.82 Å². The Bertz CT molecular complexity index is 353. The molecule has 12 heavy (non-hydrogen) atoms. The Kier molecular flexibility index (Phi) is 2.02. The first-order valence-corrected chi connectivity index (χ1v) is 5.17. The molecule has 0 radical (unpaired) electrons. The number of aryl methyl sites for hydroxylation is 1. The highest BCUT2D eigenvalue weighted by Crippen LogP contribution is 2.31. The van der Waals surface area contributed by atoms with Crippen molar-refractivity contribution in [3.63, 3.8) is 0 Å². The Balaban J connectivity index is 2.57. The van der Waals surface area contributed by atoms with E-state index in [1.807, 2.05) is 35.5 Å². The average Bonchev–Trinajstić information content (AvgIpc) is 2.59. The molecule has 0 saturated heterocycles. The number of halogens is 1. The summed E-state index contributed by atoms with van der Waals surface area (Å²) in [6.07, 6.45) is 3.75. The molecule has 2 nitrogen and oxygen atoms in total. The van der Waals surface area contributed by atoms with Gasteiger partial charge in [0.1, 0.15) is 0 Å². The van der Waals surface area contributed by atoms with Crippen LogP contribution in [0.2, 0.25) is 0 Å². The highest BCUT2D eigenvalue weighted by molar-refractivity contribution is 9.10. The number of nitrogens with zero attached hydrogens (tertiary/aromatic N) is 2. The second kappa shape index (κ2) is 3.03. The second-order valence-electron chi connectivity index (χ2n) is 2.46. The number of hydrogen-bond acceptors (Lipinski definition) is 2. The molecule has 0 aliphatic rings. The summed E-state index contributed by atoms with van der Waals surface area (Å²) in [5.41, 5.74) is 0. The van der Waals surface area contributed by atoms with Gasteiger partial charge in [-0.1, -0.05) is 0 Å². The van der Waals surface area contributed by atoms with Crippen LogP contribution in [-0.2, 0) is 7.05 Å². The van der Waals surface area contributed by atoms with Crippen LogP contribution in [0.4, 0.5) is 0 Å². The van der Waals surface area contributed by atoms with E-state index in [-0.39, 0.29) is 0 Å². The molecule has 0 aliphatic carbocycles. The number of rotatable bonds is 1. The van der Waals surface area contributed by atoms with E-state index in [0.29, 0.717) is 0 Å². The minimum atomic E-state index is 1.01. The molecule has 0 fully saturated rings. The van der Waals surface area contributed by atoms with Gasteiger partial charge in [0, 0.05) is 23.9 Å². The van der Waals surface area contributed by atoms with Gasteiger partial charge in [-0.25, -0.2) is 4.98 Å². The molecular weight excluding hydrogens is 236 g/mol. The standard InChI is InChI=1S/C8H7BrN2S/c1-11-4-3-10-8(11)7-6(9)2-5-12-7/h2-5H,1H3. The van der Waals surface area contributed by atoms with E-state index < -0.39 is 0 Å². The molecule has 62 valence electrons. The van der Waals surface area contributed by atoms with Crippen LogP contribution in [0.15, 0.2) is 28.3 Å². The predicted octanol–water partition coefficient (Wildman–Crippen LogP) is 2.91. The van der Waals surface area contributed by atoms with Crippen LogP contribution in [0.1, 0.15) is 0 Å². The average molecular weight is 243 g/mol. The maximum absolute atomic E-state index is 4.26. The molecule has 0 spiro atoms. The molecule has 2 aromatic heterocycles. The number of thiophene rings is 1. The molecule has 0 N–H and O–H groups in total. The van der Waals surface area contributed by atoms with Gasteiger partial charge < -0.3 is 4.57 Å². The van der Waals surface area contributed by atoms with Crippen molar-refractivity contribution in [2.24, 2.45) is 7.05 Å². The molecule has 0 saturated carbocycles. The summed E-state index contributed by atoms with van der Waals surface area (Å²) in [6.45, 7) is 0. The molecule has 0 amide bonds. The summed E-state index contributed by atoms with van der Waals surface area (Å²) < 4.78 is 3.12. The third-order valence-corrected chi connectivity index (χ3v) is 3.48. The van der Waals surface area contributed by atoms with Crippen molar-refractivity contribution in [1.82, 2.24) is 9.55 Å². The van der Waals surface area contributed by atoms with E-state index in [1.165, 1.54) is 4.88 Å². The Morgan fingerprint density at radius 2 is 2.42 bits per heavy atom. The van der Waals surface area contributed by atoms with Gasteiger partial charge >= 0.3 is 0 Å². The first-order chi connectivity index (χ1) is 5.79. The summed E-state index contributed by atoms with van der Waals surface area (Å²) in [5, 5.41) is 2.05. The van der Waals surface area contributed by atoms with E-state index in [2.05, 4.69) is 20.9 Å². The maximum Gasteiger partial charge on any atom is 0.150 e. The predicted molar refractivity (Wildman–Crippen MR) is 54.2 cm³/mol. The van der Waals surface area contributed by atoms with Gasteiger partial charge in [-0.15, -0.1) is 11.3 Å². The molecule has 0 atom stereocenters. The normalized spacial score (nSPS) is 10.5. The zero-order valence-electron chi connectivity index (χ0n) is 6.49. The van der Waals surface area contributed by atoms with E-state index in [9.17, 15) is 0 Å². The summed E-state index contributed by atoms with van der Waals surface area (Å²) in [5.74, 6) is 1.01. The third-order valence-electron chi connectivity index (χ3n) is 1.64. The van der Waals surface area contributed by atoms with Crippen LogP contribution in [0.25, 0.3) is 10.7 Å². The van der Waals surface area contributed by atoms with Crippen molar-refractivity contribution in [1.29, 1.82) is 0 Å². The van der Waals surface area contributed by atoms with Crippen molar-refractivity contribution in [2.45, 2.75) is 0 Å². The van der Waals surface area contributed by atoms with Crippen LogP contribution >= 0.6 is 27.3 Å². The fraction of sp³-hybridized carbons (Fsp3) is 0.125. The second-order valence-corrected chi connectivity index (χ2v) is 4.23. The highest BCUT2D eigenvalue weighted by Gasteiger charge is 2.07. The van der Waals surface area contributed by atoms with Crippen molar-refractivity contribution >= 4 is 27.3 Å². The first-order valence-electron chi connectivity index (χ1n) is 3.49.